The normalized spacial score (nSPS) is 20.9. The van der Waals surface area contributed by atoms with Gasteiger partial charge in [0.15, 0.2) is 0 Å². The Hall–Kier alpha value is -0.610. The van der Waals surface area contributed by atoms with Gasteiger partial charge in [-0.3, -0.25) is 9.69 Å². The second-order valence-electron chi connectivity index (χ2n) is 4.81. The molecular formula is C12H24N2O2. The van der Waals surface area contributed by atoms with Gasteiger partial charge in [0.25, 0.3) is 0 Å². The molecule has 1 aliphatic rings. The quantitative estimate of drug-likeness (QED) is 0.740. The first kappa shape index (κ1) is 13.5. The van der Waals surface area contributed by atoms with Gasteiger partial charge in [0, 0.05) is 26.2 Å². The summed E-state index contributed by atoms with van der Waals surface area (Å²) in [6, 6.07) is 0. The monoisotopic (exact) mass is 228 g/mol. The van der Waals surface area contributed by atoms with Crippen molar-refractivity contribution in [1.29, 1.82) is 0 Å². The maximum absolute atomic E-state index is 10.5. The van der Waals surface area contributed by atoms with E-state index in [9.17, 15) is 4.79 Å². The number of hydrogen-bond acceptors (Lipinski definition) is 3. The van der Waals surface area contributed by atoms with Crippen molar-refractivity contribution in [2.75, 3.05) is 39.3 Å². The van der Waals surface area contributed by atoms with Gasteiger partial charge in [0.2, 0.25) is 0 Å². The topological polar surface area (TPSA) is 43.8 Å². The molecule has 1 heterocycles. The average molecular weight is 228 g/mol. The van der Waals surface area contributed by atoms with Crippen molar-refractivity contribution in [2.24, 2.45) is 5.92 Å². The van der Waals surface area contributed by atoms with E-state index in [-0.39, 0.29) is 6.54 Å². The molecule has 16 heavy (non-hydrogen) atoms. The van der Waals surface area contributed by atoms with Gasteiger partial charge in [-0.15, -0.1) is 0 Å². The molecule has 0 aromatic rings. The van der Waals surface area contributed by atoms with E-state index in [4.69, 9.17) is 5.11 Å². The minimum atomic E-state index is -0.715. The molecule has 1 rings (SSSR count). The number of nitrogens with zero attached hydrogens (tertiary/aromatic N) is 2. The molecule has 1 N–H and O–H groups in total. The number of piperazine rings is 1. The van der Waals surface area contributed by atoms with Gasteiger partial charge in [0.1, 0.15) is 0 Å². The molecule has 0 aliphatic carbocycles. The highest BCUT2D eigenvalue weighted by atomic mass is 16.4. The van der Waals surface area contributed by atoms with Crippen LogP contribution in [0.4, 0.5) is 0 Å². The van der Waals surface area contributed by atoms with Crippen LogP contribution in [-0.4, -0.2) is 60.1 Å². The zero-order valence-electron chi connectivity index (χ0n) is 10.5. The molecule has 0 radical (unpaired) electrons. The number of aliphatic carboxylic acids is 1. The van der Waals surface area contributed by atoms with Gasteiger partial charge in [-0.25, -0.2) is 0 Å². The number of carbonyl (C=O) groups is 1. The Bertz CT molecular complexity index is 213. The maximum atomic E-state index is 10.5. The van der Waals surface area contributed by atoms with Crippen LogP contribution in [0.25, 0.3) is 0 Å². The van der Waals surface area contributed by atoms with E-state index in [2.05, 4.69) is 18.7 Å². The molecule has 1 atom stereocenters. The Morgan fingerprint density at radius 3 is 2.31 bits per heavy atom. The molecule has 1 aliphatic heterocycles. The Morgan fingerprint density at radius 1 is 1.25 bits per heavy atom. The second kappa shape index (κ2) is 6.86. The van der Waals surface area contributed by atoms with Gasteiger partial charge in [-0.2, -0.15) is 0 Å². The van der Waals surface area contributed by atoms with Crippen molar-refractivity contribution in [3.8, 4) is 0 Å². The number of rotatable bonds is 6. The lowest BCUT2D eigenvalue weighted by molar-refractivity contribution is -0.138. The highest BCUT2D eigenvalue weighted by molar-refractivity contribution is 5.69. The van der Waals surface area contributed by atoms with Crippen LogP contribution in [0.1, 0.15) is 26.7 Å². The first-order chi connectivity index (χ1) is 7.61. The fraction of sp³-hybridized carbons (Fsp3) is 0.917. The molecule has 0 saturated carbocycles. The Labute approximate surface area is 98.2 Å². The lowest BCUT2D eigenvalue weighted by Gasteiger charge is -2.34. The lowest BCUT2D eigenvalue weighted by atomic mass is 10.0. The third-order valence-corrected chi connectivity index (χ3v) is 3.46. The summed E-state index contributed by atoms with van der Waals surface area (Å²) in [7, 11) is 0. The highest BCUT2D eigenvalue weighted by Crippen LogP contribution is 2.09. The predicted octanol–water partition coefficient (Wildman–Crippen LogP) is 1.12. The van der Waals surface area contributed by atoms with Crippen molar-refractivity contribution in [3.63, 3.8) is 0 Å². The van der Waals surface area contributed by atoms with Crippen molar-refractivity contribution >= 4 is 5.97 Å². The van der Waals surface area contributed by atoms with E-state index in [0.717, 1.165) is 38.6 Å². The first-order valence-corrected chi connectivity index (χ1v) is 6.28. The predicted molar refractivity (Wildman–Crippen MR) is 64.6 cm³/mol. The minimum absolute atomic E-state index is 0.194. The summed E-state index contributed by atoms with van der Waals surface area (Å²) in [5.41, 5.74) is 0. The average Bonchev–Trinajstić information content (AvgIpc) is 2.27. The molecule has 1 saturated heterocycles. The van der Waals surface area contributed by atoms with Gasteiger partial charge in [-0.1, -0.05) is 20.3 Å². The minimum Gasteiger partial charge on any atom is -0.480 e. The van der Waals surface area contributed by atoms with E-state index < -0.39 is 5.97 Å². The van der Waals surface area contributed by atoms with Crippen LogP contribution in [0.5, 0.6) is 0 Å². The smallest absolute Gasteiger partial charge is 0.317 e. The SMILES string of the molecule is CCC(C)CCN1CCN(CC(=O)O)CC1. The Balaban J connectivity index is 2.14. The van der Waals surface area contributed by atoms with E-state index in [1.54, 1.807) is 0 Å². The molecule has 1 unspecified atom stereocenters. The van der Waals surface area contributed by atoms with E-state index in [1.807, 2.05) is 4.90 Å². The summed E-state index contributed by atoms with van der Waals surface area (Å²) in [5, 5.41) is 8.68. The zero-order chi connectivity index (χ0) is 12.0. The van der Waals surface area contributed by atoms with Gasteiger partial charge < -0.3 is 10.0 Å². The first-order valence-electron chi connectivity index (χ1n) is 6.28. The Morgan fingerprint density at radius 2 is 1.81 bits per heavy atom. The fourth-order valence-corrected chi connectivity index (χ4v) is 1.97. The number of carboxylic acids is 1. The van der Waals surface area contributed by atoms with E-state index >= 15 is 0 Å². The summed E-state index contributed by atoms with van der Waals surface area (Å²) in [6.07, 6.45) is 2.51. The van der Waals surface area contributed by atoms with Gasteiger partial charge in [-0.05, 0) is 18.9 Å². The molecule has 0 amide bonds. The molecular weight excluding hydrogens is 204 g/mol. The van der Waals surface area contributed by atoms with Crippen molar-refractivity contribution in [2.45, 2.75) is 26.7 Å². The molecule has 0 aromatic carbocycles. The molecule has 0 spiro atoms. The largest absolute Gasteiger partial charge is 0.480 e. The summed E-state index contributed by atoms with van der Waals surface area (Å²) in [5.74, 6) is 0.0881. The third kappa shape index (κ3) is 4.94. The van der Waals surface area contributed by atoms with Crippen LogP contribution < -0.4 is 0 Å². The van der Waals surface area contributed by atoms with Crippen molar-refractivity contribution < 1.29 is 9.90 Å². The number of carboxylic acid groups (broad SMARTS) is 1. The summed E-state index contributed by atoms with van der Waals surface area (Å²) >= 11 is 0. The third-order valence-electron chi connectivity index (χ3n) is 3.46. The second-order valence-corrected chi connectivity index (χ2v) is 4.81. The van der Waals surface area contributed by atoms with Crippen LogP contribution in [0, 0.1) is 5.92 Å². The van der Waals surface area contributed by atoms with Gasteiger partial charge in [0.05, 0.1) is 6.54 Å². The van der Waals surface area contributed by atoms with Crippen LogP contribution in [0.15, 0.2) is 0 Å². The van der Waals surface area contributed by atoms with E-state index in [0.29, 0.717) is 0 Å². The molecule has 94 valence electrons. The molecule has 1 fully saturated rings. The van der Waals surface area contributed by atoms with Crippen molar-refractivity contribution in [1.82, 2.24) is 9.80 Å². The Kier molecular flexibility index (Phi) is 5.77. The molecule has 4 heteroatoms. The molecule has 0 aromatic heterocycles. The number of hydrogen-bond donors (Lipinski definition) is 1. The molecule has 0 bridgehead atoms. The summed E-state index contributed by atoms with van der Waals surface area (Å²) in [4.78, 5) is 15.0. The fourth-order valence-electron chi connectivity index (χ4n) is 1.97. The van der Waals surface area contributed by atoms with E-state index in [1.165, 1.54) is 12.8 Å². The zero-order valence-corrected chi connectivity index (χ0v) is 10.5. The summed E-state index contributed by atoms with van der Waals surface area (Å²) < 4.78 is 0. The summed E-state index contributed by atoms with van der Waals surface area (Å²) in [6.45, 7) is 9.71. The van der Waals surface area contributed by atoms with Gasteiger partial charge >= 0.3 is 5.97 Å². The van der Waals surface area contributed by atoms with Crippen LogP contribution in [0.2, 0.25) is 0 Å². The van der Waals surface area contributed by atoms with Crippen LogP contribution >= 0.6 is 0 Å². The lowest BCUT2D eigenvalue weighted by Crippen LogP contribution is -2.48. The molecule has 4 nitrogen and oxygen atoms in total. The van der Waals surface area contributed by atoms with Crippen LogP contribution in [0.3, 0.4) is 0 Å². The van der Waals surface area contributed by atoms with Crippen LogP contribution in [-0.2, 0) is 4.79 Å². The van der Waals surface area contributed by atoms with Crippen molar-refractivity contribution in [3.05, 3.63) is 0 Å². The highest BCUT2D eigenvalue weighted by Gasteiger charge is 2.18. The standard InChI is InChI=1S/C12H24N2O2/c1-3-11(2)4-5-13-6-8-14(9-7-13)10-12(15)16/h11H,3-10H2,1-2H3,(H,15,16). The maximum Gasteiger partial charge on any atom is 0.317 e.